The third-order valence-electron chi connectivity index (χ3n) is 4.39. The van der Waals surface area contributed by atoms with Crippen molar-refractivity contribution in [1.82, 2.24) is 9.97 Å². The van der Waals surface area contributed by atoms with Crippen LogP contribution in [0.2, 0.25) is 0 Å². The highest BCUT2D eigenvalue weighted by atomic mass is 19.1. The normalized spacial score (nSPS) is 29.1. The quantitative estimate of drug-likeness (QED) is 0.884. The van der Waals surface area contributed by atoms with Crippen LogP contribution in [0.1, 0.15) is 25.5 Å². The molecule has 112 valence electrons. The molecule has 2 aromatic heterocycles. The average molecular weight is 292 g/mol. The third kappa shape index (κ3) is 2.34. The van der Waals surface area contributed by atoms with Crippen LogP contribution in [0.3, 0.4) is 0 Å². The number of nitrogens with zero attached hydrogens (tertiary/aromatic N) is 1. The summed E-state index contributed by atoms with van der Waals surface area (Å²) in [4.78, 5) is 18.7. The number of ether oxygens (including phenoxy) is 1. The Labute approximate surface area is 120 Å². The zero-order valence-corrected chi connectivity index (χ0v) is 11.8. The molecule has 0 saturated carbocycles. The molecular formula is C15H17FN2O3. The van der Waals surface area contributed by atoms with Crippen molar-refractivity contribution in [3.8, 4) is 0 Å². The summed E-state index contributed by atoms with van der Waals surface area (Å²) < 4.78 is 19.1. The number of aromatic amines is 1. The maximum absolute atomic E-state index is 13.3. The molecule has 1 aliphatic rings. The van der Waals surface area contributed by atoms with Crippen LogP contribution in [0, 0.1) is 17.7 Å². The van der Waals surface area contributed by atoms with Crippen LogP contribution in [0.15, 0.2) is 23.1 Å². The summed E-state index contributed by atoms with van der Waals surface area (Å²) in [5.74, 6) is -0.231. The molecule has 0 amide bonds. The van der Waals surface area contributed by atoms with Crippen LogP contribution in [0.25, 0.3) is 11.0 Å². The minimum absolute atomic E-state index is 0.0797. The Bertz CT molecular complexity index is 730. The molecule has 0 spiro atoms. The fourth-order valence-electron chi connectivity index (χ4n) is 2.91. The number of H-pyrrole nitrogens is 1. The summed E-state index contributed by atoms with van der Waals surface area (Å²) in [7, 11) is 0. The molecule has 6 heteroatoms. The SMILES string of the molecule is CC1C(CO)OC(c2cc3cc(F)cnc3[nH]c2=O)C1C. The summed E-state index contributed by atoms with van der Waals surface area (Å²) in [6.07, 6.45) is 0.371. The molecule has 4 atom stereocenters. The van der Waals surface area contributed by atoms with E-state index in [1.807, 2.05) is 13.8 Å². The lowest BCUT2D eigenvalue weighted by Gasteiger charge is -2.16. The Morgan fingerprint density at radius 2 is 2.14 bits per heavy atom. The summed E-state index contributed by atoms with van der Waals surface area (Å²) in [5, 5.41) is 9.85. The molecule has 0 aromatic carbocycles. The van der Waals surface area contributed by atoms with Gasteiger partial charge in [-0.3, -0.25) is 4.79 Å². The Morgan fingerprint density at radius 3 is 2.81 bits per heavy atom. The second-order valence-corrected chi connectivity index (χ2v) is 5.64. The van der Waals surface area contributed by atoms with Crippen LogP contribution in [-0.2, 0) is 4.74 Å². The van der Waals surface area contributed by atoms with Crippen molar-refractivity contribution in [2.45, 2.75) is 26.1 Å². The number of aromatic nitrogens is 2. The van der Waals surface area contributed by atoms with E-state index in [0.717, 1.165) is 6.20 Å². The molecule has 2 aromatic rings. The van der Waals surface area contributed by atoms with E-state index in [1.54, 1.807) is 6.07 Å². The van der Waals surface area contributed by atoms with E-state index in [1.165, 1.54) is 6.07 Å². The summed E-state index contributed by atoms with van der Waals surface area (Å²) in [5.41, 5.74) is 0.511. The van der Waals surface area contributed by atoms with Crippen molar-refractivity contribution in [2.24, 2.45) is 11.8 Å². The van der Waals surface area contributed by atoms with Crippen molar-refractivity contribution >= 4 is 11.0 Å². The van der Waals surface area contributed by atoms with Gasteiger partial charge in [0.2, 0.25) is 0 Å². The predicted octanol–water partition coefficient (Wildman–Crippen LogP) is 1.77. The fraction of sp³-hybridized carbons (Fsp3) is 0.467. The number of aliphatic hydroxyl groups excluding tert-OH is 1. The fourth-order valence-corrected chi connectivity index (χ4v) is 2.91. The van der Waals surface area contributed by atoms with Gasteiger partial charge in [-0.2, -0.15) is 0 Å². The number of halogens is 1. The van der Waals surface area contributed by atoms with Gasteiger partial charge >= 0.3 is 0 Å². The minimum Gasteiger partial charge on any atom is -0.394 e. The van der Waals surface area contributed by atoms with Crippen LogP contribution < -0.4 is 5.56 Å². The Hall–Kier alpha value is -1.79. The van der Waals surface area contributed by atoms with Gasteiger partial charge in [0, 0.05) is 10.9 Å². The molecule has 21 heavy (non-hydrogen) atoms. The van der Waals surface area contributed by atoms with Crippen molar-refractivity contribution in [3.63, 3.8) is 0 Å². The zero-order valence-electron chi connectivity index (χ0n) is 11.8. The average Bonchev–Trinajstić information content (AvgIpc) is 2.75. The maximum atomic E-state index is 13.3. The molecule has 2 N–H and O–H groups in total. The second kappa shape index (κ2) is 5.20. The maximum Gasteiger partial charge on any atom is 0.255 e. The van der Waals surface area contributed by atoms with Crippen LogP contribution in [-0.4, -0.2) is 27.8 Å². The summed E-state index contributed by atoms with van der Waals surface area (Å²) >= 11 is 0. The van der Waals surface area contributed by atoms with Crippen LogP contribution >= 0.6 is 0 Å². The van der Waals surface area contributed by atoms with E-state index in [0.29, 0.717) is 16.6 Å². The highest BCUT2D eigenvalue weighted by Crippen LogP contribution is 2.40. The molecule has 0 aliphatic carbocycles. The molecule has 0 bridgehead atoms. The molecule has 1 fully saturated rings. The number of hydrogen-bond donors (Lipinski definition) is 2. The first-order chi connectivity index (χ1) is 10.0. The van der Waals surface area contributed by atoms with Crippen LogP contribution in [0.5, 0.6) is 0 Å². The van der Waals surface area contributed by atoms with Gasteiger partial charge < -0.3 is 14.8 Å². The second-order valence-electron chi connectivity index (χ2n) is 5.64. The monoisotopic (exact) mass is 292 g/mol. The summed E-state index contributed by atoms with van der Waals surface area (Å²) in [6, 6.07) is 2.95. The Balaban J connectivity index is 2.08. The molecule has 3 rings (SSSR count). The molecule has 1 saturated heterocycles. The van der Waals surface area contributed by atoms with Gasteiger partial charge in [0.1, 0.15) is 11.5 Å². The standard InChI is InChI=1S/C15H17FN2O3/c1-7-8(2)13(21-12(7)6-19)11-4-9-3-10(16)5-17-14(9)18-15(11)20/h3-5,7-8,12-13,19H,6H2,1-2H3,(H,17,18,20). The van der Waals surface area contributed by atoms with Gasteiger partial charge in [-0.05, 0) is 24.0 Å². The lowest BCUT2D eigenvalue weighted by Crippen LogP contribution is -2.20. The van der Waals surface area contributed by atoms with Gasteiger partial charge in [-0.25, -0.2) is 9.37 Å². The van der Waals surface area contributed by atoms with Crippen molar-refractivity contribution in [3.05, 3.63) is 40.1 Å². The van der Waals surface area contributed by atoms with Gasteiger partial charge in [0.15, 0.2) is 0 Å². The first kappa shape index (κ1) is 14.2. The largest absolute Gasteiger partial charge is 0.394 e. The number of pyridine rings is 2. The zero-order chi connectivity index (χ0) is 15.1. The Morgan fingerprint density at radius 1 is 1.38 bits per heavy atom. The third-order valence-corrected chi connectivity index (χ3v) is 4.39. The molecular weight excluding hydrogens is 275 g/mol. The number of aliphatic hydroxyl groups is 1. The van der Waals surface area contributed by atoms with Crippen molar-refractivity contribution < 1.29 is 14.2 Å². The van der Waals surface area contributed by atoms with E-state index in [2.05, 4.69) is 9.97 Å². The Kier molecular flexibility index (Phi) is 3.51. The van der Waals surface area contributed by atoms with Crippen molar-refractivity contribution in [2.75, 3.05) is 6.61 Å². The molecule has 4 unspecified atom stereocenters. The molecule has 1 aliphatic heterocycles. The topological polar surface area (TPSA) is 75.2 Å². The van der Waals surface area contributed by atoms with Crippen molar-refractivity contribution in [1.29, 1.82) is 0 Å². The smallest absolute Gasteiger partial charge is 0.255 e. The van der Waals surface area contributed by atoms with E-state index in [-0.39, 0.29) is 30.1 Å². The molecule has 5 nitrogen and oxygen atoms in total. The predicted molar refractivity (Wildman–Crippen MR) is 75.3 cm³/mol. The molecule has 0 radical (unpaired) electrons. The number of nitrogens with one attached hydrogen (secondary N) is 1. The van der Waals surface area contributed by atoms with Crippen LogP contribution in [0.4, 0.5) is 4.39 Å². The van der Waals surface area contributed by atoms with Gasteiger partial charge in [-0.15, -0.1) is 0 Å². The highest BCUT2D eigenvalue weighted by Gasteiger charge is 2.40. The number of fused-ring (bicyclic) bond motifs is 1. The van der Waals surface area contributed by atoms with Gasteiger partial charge in [-0.1, -0.05) is 13.8 Å². The first-order valence-electron chi connectivity index (χ1n) is 6.96. The highest BCUT2D eigenvalue weighted by molar-refractivity contribution is 5.74. The first-order valence-corrected chi connectivity index (χ1v) is 6.96. The summed E-state index contributed by atoms with van der Waals surface area (Å²) in [6.45, 7) is 3.89. The lowest BCUT2D eigenvalue weighted by molar-refractivity contribution is -0.00263. The van der Waals surface area contributed by atoms with E-state index >= 15 is 0 Å². The lowest BCUT2D eigenvalue weighted by atomic mass is 9.88. The van der Waals surface area contributed by atoms with Gasteiger partial charge in [0.05, 0.1) is 25.0 Å². The van der Waals surface area contributed by atoms with E-state index in [9.17, 15) is 14.3 Å². The minimum atomic E-state index is -0.456. The number of rotatable bonds is 2. The van der Waals surface area contributed by atoms with E-state index in [4.69, 9.17) is 4.74 Å². The molecule has 3 heterocycles. The van der Waals surface area contributed by atoms with Gasteiger partial charge in [0.25, 0.3) is 5.56 Å². The number of hydrogen-bond acceptors (Lipinski definition) is 4. The van der Waals surface area contributed by atoms with E-state index < -0.39 is 11.9 Å².